The number of rotatable bonds is 4. The molecule has 6 heteroatoms. The standard InChI is InChI=1S/C26H27N5O/c1-17-12-19(20-6-7-22(23-14-28-23)25-21(20)4-2-9-27-25)16-31(15-17)26(32)18-5-8-24(29-13-18)30-10-3-11-30/h2,4-9,13,17,19H,3,10-12,14-16H2,1H3/t17-,19+/m1/s1. The molecule has 6 nitrogen and oxygen atoms in total. The van der Waals surface area contributed by atoms with Gasteiger partial charge in [-0.05, 0) is 42.5 Å². The lowest BCUT2D eigenvalue weighted by atomic mass is 9.83. The van der Waals surface area contributed by atoms with E-state index in [-0.39, 0.29) is 11.8 Å². The maximum atomic E-state index is 13.3. The summed E-state index contributed by atoms with van der Waals surface area (Å²) in [6, 6.07) is 12.5. The van der Waals surface area contributed by atoms with Crippen molar-refractivity contribution in [3.8, 4) is 0 Å². The van der Waals surface area contributed by atoms with Crippen LogP contribution in [-0.2, 0) is 0 Å². The van der Waals surface area contributed by atoms with Crippen LogP contribution in [0.25, 0.3) is 10.9 Å². The SMILES string of the molecule is C[C@@H]1C[C@H](c2ccc(C3=NC3)c3ncccc23)CN(C(=O)c2ccc(N3CCC3)nc2)C1. The molecule has 2 saturated heterocycles. The third-order valence-electron chi connectivity index (χ3n) is 6.99. The summed E-state index contributed by atoms with van der Waals surface area (Å²) in [5, 5.41) is 1.19. The van der Waals surface area contributed by atoms with Crippen LogP contribution in [0.4, 0.5) is 5.82 Å². The highest BCUT2D eigenvalue weighted by Crippen LogP contribution is 2.36. The molecule has 5 heterocycles. The quantitative estimate of drug-likeness (QED) is 0.636. The number of hydrogen-bond acceptors (Lipinski definition) is 5. The predicted molar refractivity (Wildman–Crippen MR) is 127 cm³/mol. The second-order valence-electron chi connectivity index (χ2n) is 9.36. The number of fused-ring (bicyclic) bond motifs is 1. The van der Waals surface area contributed by atoms with Crippen molar-refractivity contribution in [2.75, 3.05) is 37.6 Å². The van der Waals surface area contributed by atoms with Crippen molar-refractivity contribution >= 4 is 28.3 Å². The summed E-state index contributed by atoms with van der Waals surface area (Å²) in [6.07, 6.45) is 5.89. The molecule has 0 aliphatic carbocycles. The lowest BCUT2D eigenvalue weighted by Crippen LogP contribution is -2.42. The van der Waals surface area contributed by atoms with Gasteiger partial charge < -0.3 is 9.80 Å². The van der Waals surface area contributed by atoms with E-state index < -0.39 is 0 Å². The number of likely N-dealkylation sites (tertiary alicyclic amines) is 1. The normalized spacial score (nSPS) is 22.5. The number of amides is 1. The average Bonchev–Trinajstić information content (AvgIpc) is 3.62. The zero-order valence-corrected chi connectivity index (χ0v) is 18.4. The fourth-order valence-corrected chi connectivity index (χ4v) is 5.16. The van der Waals surface area contributed by atoms with Crippen molar-refractivity contribution < 1.29 is 4.79 Å². The molecule has 0 radical (unpaired) electrons. The van der Waals surface area contributed by atoms with Crippen LogP contribution in [0, 0.1) is 5.92 Å². The molecule has 162 valence electrons. The Bertz CT molecular complexity index is 1210. The molecule has 3 aliphatic heterocycles. The van der Waals surface area contributed by atoms with Crippen LogP contribution in [0.15, 0.2) is 53.8 Å². The Kier molecular flexibility index (Phi) is 4.67. The van der Waals surface area contributed by atoms with Crippen LogP contribution in [0.3, 0.4) is 0 Å². The highest BCUT2D eigenvalue weighted by Gasteiger charge is 2.31. The largest absolute Gasteiger partial charge is 0.356 e. The van der Waals surface area contributed by atoms with Gasteiger partial charge in [0.25, 0.3) is 5.91 Å². The van der Waals surface area contributed by atoms with Crippen molar-refractivity contribution in [3.63, 3.8) is 0 Å². The Labute approximate surface area is 188 Å². The van der Waals surface area contributed by atoms with Gasteiger partial charge >= 0.3 is 0 Å². The van der Waals surface area contributed by atoms with Crippen molar-refractivity contribution in [2.45, 2.75) is 25.7 Å². The fourth-order valence-electron chi connectivity index (χ4n) is 5.16. The summed E-state index contributed by atoms with van der Waals surface area (Å²) in [6.45, 7) is 6.68. The smallest absolute Gasteiger partial charge is 0.255 e. The Morgan fingerprint density at radius 2 is 1.94 bits per heavy atom. The number of hydrogen-bond donors (Lipinski definition) is 0. The van der Waals surface area contributed by atoms with Crippen LogP contribution < -0.4 is 4.90 Å². The first-order valence-electron chi connectivity index (χ1n) is 11.6. The molecule has 0 unspecified atom stereocenters. The third kappa shape index (κ3) is 3.44. The number of nitrogens with zero attached hydrogens (tertiary/aromatic N) is 5. The van der Waals surface area contributed by atoms with E-state index in [1.54, 1.807) is 6.20 Å². The molecule has 1 amide bonds. The molecule has 2 fully saturated rings. The monoisotopic (exact) mass is 425 g/mol. The molecular formula is C26H27N5O. The number of pyridine rings is 2. The molecule has 3 aromatic rings. The van der Waals surface area contributed by atoms with E-state index in [2.05, 4.69) is 45.0 Å². The Balaban J connectivity index is 1.27. The van der Waals surface area contributed by atoms with E-state index >= 15 is 0 Å². The van der Waals surface area contributed by atoms with Gasteiger partial charge in [-0.1, -0.05) is 25.1 Å². The Hall–Kier alpha value is -3.28. The molecule has 1 aromatic carbocycles. The minimum Gasteiger partial charge on any atom is -0.356 e. The summed E-state index contributed by atoms with van der Waals surface area (Å²) < 4.78 is 0. The third-order valence-corrected chi connectivity index (χ3v) is 6.99. The molecule has 6 rings (SSSR count). The van der Waals surface area contributed by atoms with Crippen molar-refractivity contribution in [3.05, 3.63) is 65.5 Å². The van der Waals surface area contributed by atoms with Gasteiger partial charge in [-0.25, -0.2) is 4.98 Å². The van der Waals surface area contributed by atoms with Gasteiger partial charge in [-0.3, -0.25) is 14.8 Å². The minimum atomic E-state index is 0.0793. The number of aliphatic imine (C=N–C) groups is 1. The number of benzene rings is 1. The van der Waals surface area contributed by atoms with Gasteiger partial charge in [-0.15, -0.1) is 0 Å². The summed E-state index contributed by atoms with van der Waals surface area (Å²) in [4.78, 5) is 31.2. The van der Waals surface area contributed by atoms with Gasteiger partial charge in [0.1, 0.15) is 5.82 Å². The topological polar surface area (TPSA) is 61.7 Å². The summed E-state index contributed by atoms with van der Waals surface area (Å²) in [5.41, 5.74) is 5.28. The fraction of sp³-hybridized carbons (Fsp3) is 0.385. The van der Waals surface area contributed by atoms with E-state index in [1.807, 2.05) is 29.3 Å². The van der Waals surface area contributed by atoms with Crippen LogP contribution in [0.1, 0.15) is 47.2 Å². The number of carbonyl (C=O) groups excluding carboxylic acids is 1. The molecule has 0 N–H and O–H groups in total. The molecule has 0 bridgehead atoms. The summed E-state index contributed by atoms with van der Waals surface area (Å²) in [7, 11) is 0. The van der Waals surface area contributed by atoms with E-state index in [1.165, 1.54) is 17.4 Å². The first-order chi connectivity index (χ1) is 15.7. The van der Waals surface area contributed by atoms with Crippen molar-refractivity contribution in [1.82, 2.24) is 14.9 Å². The first-order valence-corrected chi connectivity index (χ1v) is 11.6. The molecule has 0 spiro atoms. The molecule has 32 heavy (non-hydrogen) atoms. The van der Waals surface area contributed by atoms with Crippen molar-refractivity contribution in [1.29, 1.82) is 0 Å². The van der Waals surface area contributed by atoms with Crippen LogP contribution >= 0.6 is 0 Å². The molecule has 2 atom stereocenters. The number of aromatic nitrogens is 2. The van der Waals surface area contributed by atoms with Crippen LogP contribution in [-0.4, -0.2) is 59.2 Å². The highest BCUT2D eigenvalue weighted by molar-refractivity contribution is 6.17. The van der Waals surface area contributed by atoms with Gasteiger partial charge in [0, 0.05) is 55.4 Å². The second-order valence-corrected chi connectivity index (χ2v) is 9.36. The van der Waals surface area contributed by atoms with Crippen LogP contribution in [0.5, 0.6) is 0 Å². The van der Waals surface area contributed by atoms with Gasteiger partial charge in [0.15, 0.2) is 0 Å². The summed E-state index contributed by atoms with van der Waals surface area (Å²) >= 11 is 0. The van der Waals surface area contributed by atoms with E-state index in [4.69, 9.17) is 0 Å². The van der Waals surface area contributed by atoms with Gasteiger partial charge in [-0.2, -0.15) is 0 Å². The molecule has 0 saturated carbocycles. The predicted octanol–water partition coefficient (Wildman–Crippen LogP) is 3.91. The van der Waals surface area contributed by atoms with E-state index in [9.17, 15) is 4.79 Å². The molecular weight excluding hydrogens is 398 g/mol. The van der Waals surface area contributed by atoms with E-state index in [0.717, 1.165) is 61.8 Å². The maximum absolute atomic E-state index is 13.3. The highest BCUT2D eigenvalue weighted by atomic mass is 16.2. The van der Waals surface area contributed by atoms with Crippen LogP contribution in [0.2, 0.25) is 0 Å². The second kappa shape index (κ2) is 7.69. The maximum Gasteiger partial charge on any atom is 0.255 e. The van der Waals surface area contributed by atoms with Crippen molar-refractivity contribution in [2.24, 2.45) is 10.9 Å². The minimum absolute atomic E-state index is 0.0793. The Morgan fingerprint density at radius 1 is 1.06 bits per heavy atom. The first kappa shape index (κ1) is 19.4. The lowest BCUT2D eigenvalue weighted by molar-refractivity contribution is 0.0658. The zero-order valence-electron chi connectivity index (χ0n) is 18.4. The molecule has 2 aromatic heterocycles. The number of carbonyl (C=O) groups is 1. The Morgan fingerprint density at radius 3 is 2.66 bits per heavy atom. The summed E-state index contributed by atoms with van der Waals surface area (Å²) in [5.74, 6) is 1.77. The number of anilines is 1. The molecule has 3 aliphatic rings. The number of piperidine rings is 1. The average molecular weight is 426 g/mol. The zero-order chi connectivity index (χ0) is 21.7. The van der Waals surface area contributed by atoms with E-state index in [0.29, 0.717) is 11.5 Å². The van der Waals surface area contributed by atoms with Gasteiger partial charge in [0.2, 0.25) is 0 Å². The lowest BCUT2D eigenvalue weighted by Gasteiger charge is -2.37. The van der Waals surface area contributed by atoms with Gasteiger partial charge in [0.05, 0.1) is 23.3 Å².